The molecule has 0 fully saturated rings. The number of H-pyrrole nitrogens is 1. The van der Waals surface area contributed by atoms with Gasteiger partial charge < -0.3 is 10.3 Å². The highest BCUT2D eigenvalue weighted by atomic mass is 35.5. The van der Waals surface area contributed by atoms with Crippen LogP contribution in [0.25, 0.3) is 21.7 Å². The highest BCUT2D eigenvalue weighted by Gasteiger charge is 2.13. The molecule has 0 saturated heterocycles. The topological polar surface area (TPSA) is 62.0 Å². The Morgan fingerprint density at radius 2 is 1.87 bits per heavy atom. The van der Waals surface area contributed by atoms with E-state index in [1.807, 2.05) is 0 Å². The Balaban J connectivity index is 2.35. The monoisotopic (exact) mass is 368 g/mol. The van der Waals surface area contributed by atoms with E-state index in [1.165, 1.54) is 0 Å². The second kappa shape index (κ2) is 6.40. The molecule has 7 heteroatoms. The van der Waals surface area contributed by atoms with Crippen LogP contribution < -0.4 is 10.9 Å². The van der Waals surface area contributed by atoms with E-state index in [0.29, 0.717) is 37.4 Å². The standard InChI is InChI=1S/C16H11Cl3N2O2/c17-4-3-14(22)20-12-6-9(19)7-13-15(12)10-2-1-8(18)5-11(10)16(23)21-13/h1-2,5-7H,3-4H2,(H,20,22)(H,21,23). The lowest BCUT2D eigenvalue weighted by Crippen LogP contribution is -2.13. The second-order valence-corrected chi connectivity index (χ2v) is 6.26. The lowest BCUT2D eigenvalue weighted by Gasteiger charge is -2.12. The zero-order chi connectivity index (χ0) is 16.6. The van der Waals surface area contributed by atoms with E-state index in [4.69, 9.17) is 34.8 Å². The third-order valence-corrected chi connectivity index (χ3v) is 4.08. The van der Waals surface area contributed by atoms with Gasteiger partial charge >= 0.3 is 0 Å². The quantitative estimate of drug-likeness (QED) is 0.525. The number of hydrogen-bond acceptors (Lipinski definition) is 2. The summed E-state index contributed by atoms with van der Waals surface area (Å²) in [6.45, 7) is 0. The minimum absolute atomic E-state index is 0.183. The summed E-state index contributed by atoms with van der Waals surface area (Å²) in [6.07, 6.45) is 0.183. The van der Waals surface area contributed by atoms with E-state index in [0.717, 1.165) is 0 Å². The first-order valence-corrected chi connectivity index (χ1v) is 8.09. The number of halogens is 3. The largest absolute Gasteiger partial charge is 0.325 e. The van der Waals surface area contributed by atoms with E-state index in [9.17, 15) is 9.59 Å². The SMILES string of the molecule is O=C(CCCl)Nc1cc(Cl)cc2[nH]c(=O)c3cc(Cl)ccc3c12. The molecule has 0 aliphatic carbocycles. The molecular weight excluding hydrogens is 359 g/mol. The molecule has 0 radical (unpaired) electrons. The molecule has 0 aliphatic heterocycles. The van der Waals surface area contributed by atoms with Gasteiger partial charge in [0.1, 0.15) is 0 Å². The van der Waals surface area contributed by atoms with Crippen molar-refractivity contribution < 1.29 is 4.79 Å². The third kappa shape index (κ3) is 3.15. The summed E-state index contributed by atoms with van der Waals surface area (Å²) in [7, 11) is 0. The summed E-state index contributed by atoms with van der Waals surface area (Å²) < 4.78 is 0. The summed E-state index contributed by atoms with van der Waals surface area (Å²) in [5.74, 6) is -0.00535. The predicted molar refractivity (Wildman–Crippen MR) is 96.1 cm³/mol. The van der Waals surface area contributed by atoms with E-state index in [1.54, 1.807) is 30.3 Å². The van der Waals surface area contributed by atoms with Gasteiger partial charge in [-0.2, -0.15) is 0 Å². The number of benzene rings is 2. The van der Waals surface area contributed by atoms with E-state index in [-0.39, 0.29) is 23.8 Å². The molecule has 4 nitrogen and oxygen atoms in total. The summed E-state index contributed by atoms with van der Waals surface area (Å²) in [4.78, 5) is 26.9. The highest BCUT2D eigenvalue weighted by molar-refractivity contribution is 6.33. The molecule has 0 atom stereocenters. The van der Waals surface area contributed by atoms with Crippen LogP contribution in [0, 0.1) is 0 Å². The van der Waals surface area contributed by atoms with Gasteiger partial charge in [-0.05, 0) is 29.7 Å². The molecule has 0 spiro atoms. The van der Waals surface area contributed by atoms with Crippen molar-refractivity contribution in [1.82, 2.24) is 4.98 Å². The summed E-state index contributed by atoms with van der Waals surface area (Å²) in [5, 5.41) is 5.49. The molecule has 3 rings (SSSR count). The molecule has 1 aromatic heterocycles. The van der Waals surface area contributed by atoms with Gasteiger partial charge in [0.25, 0.3) is 5.56 Å². The lowest BCUT2D eigenvalue weighted by molar-refractivity contribution is -0.115. The second-order valence-electron chi connectivity index (χ2n) is 5.01. The number of carbonyl (C=O) groups is 1. The van der Waals surface area contributed by atoms with Gasteiger partial charge in [-0.1, -0.05) is 29.3 Å². The molecule has 3 aromatic rings. The number of rotatable bonds is 3. The molecular formula is C16H11Cl3N2O2. The Hall–Kier alpha value is -1.75. The predicted octanol–water partition coefficient (Wildman–Crippen LogP) is 4.56. The van der Waals surface area contributed by atoms with Crippen molar-refractivity contribution in [3.8, 4) is 0 Å². The molecule has 1 amide bonds. The van der Waals surface area contributed by atoms with Crippen molar-refractivity contribution in [1.29, 1.82) is 0 Å². The Morgan fingerprint density at radius 3 is 2.61 bits per heavy atom. The maximum Gasteiger partial charge on any atom is 0.256 e. The molecule has 118 valence electrons. The van der Waals surface area contributed by atoms with Gasteiger partial charge in [-0.15, -0.1) is 11.6 Å². The van der Waals surface area contributed by atoms with Crippen molar-refractivity contribution in [2.24, 2.45) is 0 Å². The summed E-state index contributed by atoms with van der Waals surface area (Å²) in [6, 6.07) is 8.32. The lowest BCUT2D eigenvalue weighted by atomic mass is 10.0. The molecule has 0 bridgehead atoms. The van der Waals surface area contributed by atoms with Crippen LogP contribution in [0.1, 0.15) is 6.42 Å². The first-order chi connectivity index (χ1) is 11.0. The zero-order valence-electron chi connectivity index (χ0n) is 11.8. The Morgan fingerprint density at radius 1 is 1.09 bits per heavy atom. The van der Waals surface area contributed by atoms with Gasteiger partial charge in [-0.25, -0.2) is 0 Å². The highest BCUT2D eigenvalue weighted by Crippen LogP contribution is 2.32. The fraction of sp³-hybridized carbons (Fsp3) is 0.125. The van der Waals surface area contributed by atoms with Crippen LogP contribution in [0.5, 0.6) is 0 Å². The number of aromatic nitrogens is 1. The number of carbonyl (C=O) groups excluding carboxylic acids is 1. The Labute approximate surface area is 146 Å². The molecule has 0 unspecified atom stereocenters. The summed E-state index contributed by atoms with van der Waals surface area (Å²) in [5.41, 5.74) is 0.792. The fourth-order valence-corrected chi connectivity index (χ4v) is 3.07. The normalized spacial score (nSPS) is 11.1. The van der Waals surface area contributed by atoms with Crippen LogP contribution in [0.3, 0.4) is 0 Å². The number of pyridine rings is 1. The van der Waals surface area contributed by atoms with Crippen LogP contribution in [0.4, 0.5) is 5.69 Å². The van der Waals surface area contributed by atoms with Crippen molar-refractivity contribution >= 4 is 68.1 Å². The number of hydrogen-bond donors (Lipinski definition) is 2. The number of aromatic amines is 1. The molecule has 1 heterocycles. The number of amides is 1. The van der Waals surface area contributed by atoms with Crippen LogP contribution in [0.15, 0.2) is 35.1 Å². The smallest absolute Gasteiger partial charge is 0.256 e. The van der Waals surface area contributed by atoms with Crippen LogP contribution >= 0.6 is 34.8 Å². The zero-order valence-corrected chi connectivity index (χ0v) is 14.0. The Bertz CT molecular complexity index is 982. The van der Waals surface area contributed by atoms with Gasteiger partial charge in [0, 0.05) is 33.1 Å². The van der Waals surface area contributed by atoms with Crippen LogP contribution in [0.2, 0.25) is 10.0 Å². The maximum atomic E-state index is 12.2. The molecule has 0 saturated carbocycles. The molecule has 23 heavy (non-hydrogen) atoms. The minimum Gasteiger partial charge on any atom is -0.325 e. The first kappa shape index (κ1) is 16.1. The fourth-order valence-electron chi connectivity index (χ4n) is 2.50. The van der Waals surface area contributed by atoms with Crippen molar-refractivity contribution in [2.75, 3.05) is 11.2 Å². The number of nitrogens with one attached hydrogen (secondary N) is 2. The van der Waals surface area contributed by atoms with Crippen molar-refractivity contribution in [2.45, 2.75) is 6.42 Å². The number of fused-ring (bicyclic) bond motifs is 3. The third-order valence-electron chi connectivity index (χ3n) is 3.44. The van der Waals surface area contributed by atoms with E-state index >= 15 is 0 Å². The van der Waals surface area contributed by atoms with Gasteiger partial charge in [0.15, 0.2) is 0 Å². The van der Waals surface area contributed by atoms with Crippen LogP contribution in [-0.2, 0) is 4.79 Å². The van der Waals surface area contributed by atoms with Gasteiger partial charge in [0.05, 0.1) is 11.2 Å². The molecule has 2 N–H and O–H groups in total. The van der Waals surface area contributed by atoms with E-state index in [2.05, 4.69) is 10.3 Å². The van der Waals surface area contributed by atoms with Gasteiger partial charge in [-0.3, -0.25) is 9.59 Å². The molecule has 2 aromatic carbocycles. The average Bonchev–Trinajstić information content (AvgIpc) is 2.47. The number of anilines is 1. The minimum atomic E-state index is -0.268. The van der Waals surface area contributed by atoms with Crippen LogP contribution in [-0.4, -0.2) is 16.8 Å². The Kier molecular flexibility index (Phi) is 4.48. The van der Waals surface area contributed by atoms with Crippen molar-refractivity contribution in [3.63, 3.8) is 0 Å². The van der Waals surface area contributed by atoms with Gasteiger partial charge in [0.2, 0.25) is 5.91 Å². The number of alkyl halides is 1. The van der Waals surface area contributed by atoms with E-state index < -0.39 is 0 Å². The first-order valence-electron chi connectivity index (χ1n) is 6.80. The molecule has 0 aliphatic rings. The maximum absolute atomic E-state index is 12.2. The average molecular weight is 370 g/mol. The van der Waals surface area contributed by atoms with Crippen molar-refractivity contribution in [3.05, 3.63) is 50.7 Å². The summed E-state index contributed by atoms with van der Waals surface area (Å²) >= 11 is 17.7.